The molecule has 33 heavy (non-hydrogen) atoms. The molecule has 1 saturated heterocycles. The maximum Gasteiger partial charge on any atom is 0.416 e. The summed E-state index contributed by atoms with van der Waals surface area (Å²) in [6.45, 7) is 2.28. The summed E-state index contributed by atoms with van der Waals surface area (Å²) >= 11 is 0. The molecule has 1 fully saturated rings. The van der Waals surface area contributed by atoms with Crippen molar-refractivity contribution < 1.29 is 26.7 Å². The molecular weight excluding hydrogens is 445 g/mol. The van der Waals surface area contributed by atoms with E-state index in [1.165, 1.54) is 0 Å². The van der Waals surface area contributed by atoms with Crippen LogP contribution in [0.4, 0.5) is 27.6 Å². The highest BCUT2D eigenvalue weighted by molar-refractivity contribution is 6.03. The zero-order valence-electron chi connectivity index (χ0n) is 18.4. The van der Waals surface area contributed by atoms with Gasteiger partial charge in [-0.2, -0.15) is 27.1 Å². The number of aromatic nitrogens is 1. The average Bonchev–Trinajstić information content (AvgIpc) is 3.14. The van der Waals surface area contributed by atoms with Gasteiger partial charge in [0.15, 0.2) is 5.84 Å². The van der Waals surface area contributed by atoms with Gasteiger partial charge in [-0.3, -0.25) is 9.58 Å². The number of hydrogen-bond donors (Lipinski definition) is 1. The summed E-state index contributed by atoms with van der Waals surface area (Å²) in [6, 6.07) is 4.77. The first-order valence-electron chi connectivity index (χ1n) is 10.8. The van der Waals surface area contributed by atoms with Gasteiger partial charge in [-0.15, -0.1) is 0 Å². The first kappa shape index (κ1) is 23.3. The number of nitrogens with zero attached hydrogens (tertiary/aromatic N) is 4. The minimum atomic E-state index is -4.69. The van der Waals surface area contributed by atoms with Crippen LogP contribution in [0.15, 0.2) is 35.6 Å². The van der Waals surface area contributed by atoms with Gasteiger partial charge in [0.25, 0.3) is 0 Å². The quantitative estimate of drug-likeness (QED) is 0.623. The number of likely N-dealkylation sites (tertiary alicyclic amines) is 1. The monoisotopic (exact) mass is 471 g/mol. The molecule has 180 valence electrons. The zero-order chi connectivity index (χ0) is 23.8. The van der Waals surface area contributed by atoms with E-state index in [-0.39, 0.29) is 17.4 Å². The molecule has 1 aromatic carbocycles. The number of likely N-dealkylation sites (N-methyl/N-ethyl adjacent to an activating group) is 1. The molecule has 0 unspecified atom stereocenters. The van der Waals surface area contributed by atoms with E-state index < -0.39 is 24.1 Å². The summed E-state index contributed by atoms with van der Waals surface area (Å²) in [4.78, 5) is 2.37. The zero-order valence-corrected chi connectivity index (χ0v) is 18.4. The van der Waals surface area contributed by atoms with Crippen LogP contribution in [0, 0.1) is 0 Å². The fourth-order valence-electron chi connectivity index (χ4n) is 4.34. The topological polar surface area (TPSA) is 45.0 Å². The van der Waals surface area contributed by atoms with Crippen molar-refractivity contribution in [2.75, 3.05) is 32.0 Å². The Labute approximate surface area is 188 Å². The van der Waals surface area contributed by atoms with Crippen molar-refractivity contribution >= 4 is 11.5 Å². The molecule has 2 aliphatic heterocycles. The van der Waals surface area contributed by atoms with Crippen LogP contribution < -0.4 is 10.1 Å². The second kappa shape index (κ2) is 9.20. The summed E-state index contributed by atoms with van der Waals surface area (Å²) in [5.74, 6) is -0.357. The van der Waals surface area contributed by atoms with Crippen molar-refractivity contribution in [1.82, 2.24) is 14.5 Å². The van der Waals surface area contributed by atoms with Crippen LogP contribution in [0.2, 0.25) is 0 Å². The number of nitrogens with one attached hydrogen (secondary N) is 1. The Morgan fingerprint density at radius 3 is 2.73 bits per heavy atom. The van der Waals surface area contributed by atoms with Crippen molar-refractivity contribution in [3.63, 3.8) is 0 Å². The predicted molar refractivity (Wildman–Crippen MR) is 115 cm³/mol. The van der Waals surface area contributed by atoms with E-state index in [1.807, 2.05) is 6.07 Å². The van der Waals surface area contributed by atoms with E-state index in [9.17, 15) is 22.0 Å². The van der Waals surface area contributed by atoms with Crippen molar-refractivity contribution in [1.29, 1.82) is 0 Å². The molecule has 0 saturated carbocycles. The minimum absolute atomic E-state index is 0.0491. The first-order chi connectivity index (χ1) is 15.6. The number of hydrazone groups is 1. The third kappa shape index (κ3) is 5.23. The van der Waals surface area contributed by atoms with E-state index in [4.69, 9.17) is 0 Å². The van der Waals surface area contributed by atoms with Crippen LogP contribution in [0.5, 0.6) is 5.75 Å². The van der Waals surface area contributed by atoms with Gasteiger partial charge in [0.2, 0.25) is 0 Å². The highest BCUT2D eigenvalue weighted by Gasteiger charge is 2.33. The Morgan fingerprint density at radius 2 is 2.03 bits per heavy atom. The van der Waals surface area contributed by atoms with Crippen LogP contribution in [-0.4, -0.2) is 59.6 Å². The molecule has 2 aromatic rings. The van der Waals surface area contributed by atoms with E-state index in [2.05, 4.69) is 27.0 Å². The van der Waals surface area contributed by atoms with Gasteiger partial charge < -0.3 is 15.0 Å². The lowest BCUT2D eigenvalue weighted by Gasteiger charge is -2.32. The normalized spacial score (nSPS) is 19.5. The molecule has 0 aliphatic carbocycles. The van der Waals surface area contributed by atoms with Crippen molar-refractivity contribution in [2.45, 2.75) is 45.1 Å². The molecule has 2 aliphatic rings. The highest BCUT2D eigenvalue weighted by atomic mass is 19.4. The predicted octanol–water partition coefficient (Wildman–Crippen LogP) is 4.66. The largest absolute Gasteiger partial charge is 0.434 e. The van der Waals surface area contributed by atoms with Crippen LogP contribution in [0.25, 0.3) is 0 Å². The number of benzene rings is 1. The number of hydrogen-bond acceptors (Lipinski definition) is 5. The molecule has 6 nitrogen and oxygen atoms in total. The second-order valence-corrected chi connectivity index (χ2v) is 8.29. The van der Waals surface area contributed by atoms with Crippen molar-refractivity contribution in [3.8, 4) is 5.75 Å². The summed E-state index contributed by atoms with van der Waals surface area (Å²) < 4.78 is 71.7. The number of halogens is 5. The van der Waals surface area contributed by atoms with Gasteiger partial charge >= 0.3 is 12.8 Å². The van der Waals surface area contributed by atoms with Gasteiger partial charge in [0, 0.05) is 31.5 Å². The van der Waals surface area contributed by atoms with Crippen LogP contribution >= 0.6 is 0 Å². The minimum Gasteiger partial charge on any atom is -0.434 e. The number of piperidine rings is 1. The van der Waals surface area contributed by atoms with Crippen molar-refractivity contribution in [2.24, 2.45) is 5.10 Å². The van der Waals surface area contributed by atoms with E-state index in [0.29, 0.717) is 12.6 Å². The third-order valence-electron chi connectivity index (χ3n) is 5.87. The Morgan fingerprint density at radius 1 is 1.24 bits per heavy atom. The number of ether oxygens (including phenoxy) is 1. The summed E-state index contributed by atoms with van der Waals surface area (Å²) in [5.41, 5.74) is 0.655. The van der Waals surface area contributed by atoms with E-state index in [0.717, 1.165) is 56.0 Å². The van der Waals surface area contributed by atoms with Gasteiger partial charge in [0.1, 0.15) is 5.75 Å². The maximum atomic E-state index is 13.2. The summed E-state index contributed by atoms with van der Waals surface area (Å²) in [5, 5.41) is 9.55. The molecule has 1 aromatic heterocycles. The fourth-order valence-corrected chi connectivity index (χ4v) is 4.34. The Balaban J connectivity index is 1.67. The Hall–Kier alpha value is -2.82. The third-order valence-corrected chi connectivity index (χ3v) is 5.87. The molecule has 4 rings (SSSR count). The number of fused-ring (bicyclic) bond motifs is 1. The lowest BCUT2D eigenvalue weighted by Crippen LogP contribution is -2.41. The van der Waals surface area contributed by atoms with Crippen molar-refractivity contribution in [3.05, 3.63) is 47.3 Å². The maximum absolute atomic E-state index is 13.2. The first-order valence-corrected chi connectivity index (χ1v) is 10.8. The van der Waals surface area contributed by atoms with Crippen LogP contribution in [0.1, 0.15) is 36.6 Å². The molecule has 3 heterocycles. The van der Waals surface area contributed by atoms with Crippen LogP contribution in [-0.2, 0) is 12.7 Å². The fraction of sp³-hybridized carbons (Fsp3) is 0.500. The molecule has 0 spiro atoms. The molecule has 0 bridgehead atoms. The molecule has 1 atom stereocenters. The Kier molecular flexibility index (Phi) is 6.51. The van der Waals surface area contributed by atoms with E-state index in [1.54, 1.807) is 22.8 Å². The number of anilines is 1. The molecule has 0 radical (unpaired) electrons. The molecular formula is C22H26F5N5O. The van der Waals surface area contributed by atoms with Gasteiger partial charge in [-0.05, 0) is 50.2 Å². The van der Waals surface area contributed by atoms with Gasteiger partial charge in [-0.1, -0.05) is 6.92 Å². The smallest absolute Gasteiger partial charge is 0.416 e. The Bertz CT molecular complexity index is 1020. The standard InChI is InChI=1S/C22H26F5N5O/c1-3-31-8-4-5-15(11-31)28-16-10-17-13-30(2)29-20(32(17)12-16)18-7-6-14(22(25,26)27)9-19(18)33-21(23)24/h6-7,9-10,12,15,21,28H,3-5,8,11,13H2,1-2H3/t15-/m1/s1. The average molecular weight is 471 g/mol. The lowest BCUT2D eigenvalue weighted by molar-refractivity contribution is -0.138. The second-order valence-electron chi connectivity index (χ2n) is 8.29. The highest BCUT2D eigenvalue weighted by Crippen LogP contribution is 2.35. The lowest BCUT2D eigenvalue weighted by atomic mass is 10.1. The molecule has 11 heteroatoms. The van der Waals surface area contributed by atoms with E-state index >= 15 is 0 Å². The van der Waals surface area contributed by atoms with Crippen LogP contribution in [0.3, 0.4) is 0 Å². The molecule has 0 amide bonds. The van der Waals surface area contributed by atoms with Gasteiger partial charge in [0.05, 0.1) is 23.4 Å². The molecule has 1 N–H and O–H groups in total. The SMILES string of the molecule is CCN1CCC[C@@H](Nc2cc3n(c2)C(c2ccc(C(F)(F)F)cc2OC(F)F)=NN(C)C3)C1. The number of rotatable bonds is 6. The summed E-state index contributed by atoms with van der Waals surface area (Å²) in [6.07, 6.45) is -0.764. The van der Waals surface area contributed by atoms with Gasteiger partial charge in [-0.25, -0.2) is 0 Å². The summed E-state index contributed by atoms with van der Waals surface area (Å²) in [7, 11) is 1.71. The number of alkyl halides is 5.